The maximum Gasteiger partial charge on any atom is 0.330 e. The van der Waals surface area contributed by atoms with Crippen LogP contribution in [0.1, 0.15) is 25.5 Å². The Morgan fingerprint density at radius 1 is 1.33 bits per heavy atom. The maximum atomic E-state index is 12.5. The summed E-state index contributed by atoms with van der Waals surface area (Å²) in [5.41, 5.74) is 3.03. The SMILES string of the molecule is CCNC(=O)N1C(=O)NC(C)=C(C#N)C1c1cccc(-c2ccccn2)c1. The molecular formula is C20H19N5O2. The van der Waals surface area contributed by atoms with Crippen LogP contribution in [0.4, 0.5) is 9.59 Å². The van der Waals surface area contributed by atoms with Gasteiger partial charge in [-0.05, 0) is 37.6 Å². The number of nitrogens with zero attached hydrogens (tertiary/aromatic N) is 3. The van der Waals surface area contributed by atoms with Crippen LogP contribution in [0.5, 0.6) is 0 Å². The van der Waals surface area contributed by atoms with E-state index in [1.54, 1.807) is 26.1 Å². The van der Waals surface area contributed by atoms with E-state index < -0.39 is 18.1 Å². The Morgan fingerprint density at radius 3 is 2.81 bits per heavy atom. The predicted molar refractivity (Wildman–Crippen MR) is 100 cm³/mol. The van der Waals surface area contributed by atoms with Crippen LogP contribution < -0.4 is 10.6 Å². The van der Waals surface area contributed by atoms with E-state index in [-0.39, 0.29) is 0 Å². The Balaban J connectivity index is 2.12. The maximum absolute atomic E-state index is 12.5. The van der Waals surface area contributed by atoms with E-state index in [9.17, 15) is 14.9 Å². The number of amides is 4. The van der Waals surface area contributed by atoms with E-state index in [2.05, 4.69) is 21.7 Å². The smallest absolute Gasteiger partial charge is 0.330 e. The Bertz CT molecular complexity index is 946. The van der Waals surface area contributed by atoms with Crippen LogP contribution in [0, 0.1) is 11.3 Å². The van der Waals surface area contributed by atoms with Crippen molar-refractivity contribution >= 4 is 12.1 Å². The van der Waals surface area contributed by atoms with Crippen molar-refractivity contribution in [2.24, 2.45) is 0 Å². The third kappa shape index (κ3) is 3.51. The number of aromatic nitrogens is 1. The fourth-order valence-electron chi connectivity index (χ4n) is 3.05. The zero-order chi connectivity index (χ0) is 19.4. The predicted octanol–water partition coefficient (Wildman–Crippen LogP) is 3.34. The summed E-state index contributed by atoms with van der Waals surface area (Å²) in [5, 5.41) is 14.9. The molecule has 1 atom stereocenters. The zero-order valence-corrected chi connectivity index (χ0v) is 15.1. The van der Waals surface area contributed by atoms with Crippen LogP contribution in [-0.2, 0) is 0 Å². The van der Waals surface area contributed by atoms with Crippen LogP contribution in [0.3, 0.4) is 0 Å². The number of rotatable bonds is 3. The molecule has 1 aromatic carbocycles. The molecular weight excluding hydrogens is 342 g/mol. The topological polar surface area (TPSA) is 98.1 Å². The minimum absolute atomic E-state index is 0.319. The van der Waals surface area contributed by atoms with E-state index in [1.807, 2.05) is 36.4 Å². The van der Waals surface area contributed by atoms with Gasteiger partial charge in [-0.1, -0.05) is 24.3 Å². The molecule has 0 fully saturated rings. The molecule has 0 radical (unpaired) electrons. The highest BCUT2D eigenvalue weighted by molar-refractivity contribution is 5.96. The van der Waals surface area contributed by atoms with Gasteiger partial charge in [-0.15, -0.1) is 0 Å². The van der Waals surface area contributed by atoms with Crippen molar-refractivity contribution in [3.05, 3.63) is 65.5 Å². The lowest BCUT2D eigenvalue weighted by Crippen LogP contribution is -2.53. The van der Waals surface area contributed by atoms with Gasteiger partial charge in [0.05, 0.1) is 17.3 Å². The molecule has 0 aliphatic carbocycles. The van der Waals surface area contributed by atoms with E-state index >= 15 is 0 Å². The summed E-state index contributed by atoms with van der Waals surface area (Å²) in [6.07, 6.45) is 1.70. The highest BCUT2D eigenvalue weighted by Gasteiger charge is 2.38. The molecule has 3 rings (SSSR count). The van der Waals surface area contributed by atoms with Crippen LogP contribution in [0.2, 0.25) is 0 Å². The summed E-state index contributed by atoms with van der Waals surface area (Å²) in [6, 6.07) is 13.2. The molecule has 7 nitrogen and oxygen atoms in total. The van der Waals surface area contributed by atoms with Gasteiger partial charge in [-0.2, -0.15) is 5.26 Å². The van der Waals surface area contributed by atoms with E-state index in [0.717, 1.165) is 16.2 Å². The fraction of sp³-hybridized carbons (Fsp3) is 0.200. The van der Waals surface area contributed by atoms with Crippen molar-refractivity contribution in [3.63, 3.8) is 0 Å². The van der Waals surface area contributed by atoms with Crippen LogP contribution in [0.25, 0.3) is 11.3 Å². The number of carbonyl (C=O) groups excluding carboxylic acids is 2. The number of hydrogen-bond acceptors (Lipinski definition) is 4. The average Bonchev–Trinajstić information content (AvgIpc) is 2.68. The molecule has 1 aliphatic heterocycles. The number of allylic oxidation sites excluding steroid dienone is 1. The summed E-state index contributed by atoms with van der Waals surface area (Å²) in [4.78, 5) is 30.4. The molecule has 2 aromatic rings. The minimum atomic E-state index is -0.807. The first-order chi connectivity index (χ1) is 13.1. The highest BCUT2D eigenvalue weighted by Crippen LogP contribution is 2.34. The molecule has 4 amide bonds. The van der Waals surface area contributed by atoms with Crippen molar-refractivity contribution in [2.45, 2.75) is 19.9 Å². The van der Waals surface area contributed by atoms with E-state index in [1.165, 1.54) is 0 Å². The number of pyridine rings is 1. The molecule has 0 spiro atoms. The van der Waals surface area contributed by atoms with Crippen molar-refractivity contribution in [1.29, 1.82) is 5.26 Å². The monoisotopic (exact) mass is 361 g/mol. The number of carbonyl (C=O) groups is 2. The molecule has 1 unspecified atom stereocenters. The normalized spacial score (nSPS) is 16.6. The van der Waals surface area contributed by atoms with Crippen molar-refractivity contribution in [1.82, 2.24) is 20.5 Å². The fourth-order valence-corrected chi connectivity index (χ4v) is 3.05. The molecule has 0 bridgehead atoms. The summed E-state index contributed by atoms with van der Waals surface area (Å²) in [6.45, 7) is 3.79. The van der Waals surface area contributed by atoms with Gasteiger partial charge < -0.3 is 10.6 Å². The molecule has 2 N–H and O–H groups in total. The molecule has 0 saturated heterocycles. The van der Waals surface area contributed by atoms with Gasteiger partial charge >= 0.3 is 12.1 Å². The summed E-state index contributed by atoms with van der Waals surface area (Å²) < 4.78 is 0. The number of hydrogen-bond donors (Lipinski definition) is 2. The average molecular weight is 361 g/mol. The molecule has 1 aromatic heterocycles. The summed E-state index contributed by atoms with van der Waals surface area (Å²) in [5.74, 6) is 0. The van der Waals surface area contributed by atoms with Gasteiger partial charge in [0.2, 0.25) is 0 Å². The van der Waals surface area contributed by atoms with Crippen LogP contribution >= 0.6 is 0 Å². The second kappa shape index (κ2) is 7.70. The lowest BCUT2D eigenvalue weighted by atomic mass is 9.93. The molecule has 7 heteroatoms. The lowest BCUT2D eigenvalue weighted by Gasteiger charge is -2.35. The number of urea groups is 2. The molecule has 0 saturated carbocycles. The molecule has 2 heterocycles. The first-order valence-electron chi connectivity index (χ1n) is 8.57. The summed E-state index contributed by atoms with van der Waals surface area (Å²) in [7, 11) is 0. The minimum Gasteiger partial charge on any atom is -0.338 e. The Morgan fingerprint density at radius 2 is 2.15 bits per heavy atom. The third-order valence-corrected chi connectivity index (χ3v) is 4.28. The quantitative estimate of drug-likeness (QED) is 0.876. The van der Waals surface area contributed by atoms with E-state index in [0.29, 0.717) is 23.4 Å². The number of benzene rings is 1. The van der Waals surface area contributed by atoms with Gasteiger partial charge in [0.25, 0.3) is 0 Å². The molecule has 27 heavy (non-hydrogen) atoms. The second-order valence-corrected chi connectivity index (χ2v) is 6.03. The van der Waals surface area contributed by atoms with Crippen molar-refractivity contribution < 1.29 is 9.59 Å². The van der Waals surface area contributed by atoms with Gasteiger partial charge in [0.1, 0.15) is 6.04 Å². The first-order valence-corrected chi connectivity index (χ1v) is 8.57. The number of nitrogens with one attached hydrogen (secondary N) is 2. The lowest BCUT2D eigenvalue weighted by molar-refractivity contribution is 0.173. The van der Waals surface area contributed by atoms with Gasteiger partial charge in [-0.3, -0.25) is 4.98 Å². The zero-order valence-electron chi connectivity index (χ0n) is 15.1. The summed E-state index contributed by atoms with van der Waals surface area (Å²) >= 11 is 0. The van der Waals surface area contributed by atoms with Crippen LogP contribution in [-0.4, -0.2) is 28.5 Å². The number of imide groups is 1. The standard InChI is InChI=1S/C20H19N5O2/c1-3-22-19(26)25-18(16(12-21)13(2)24-20(25)27)15-8-6-7-14(11-15)17-9-4-5-10-23-17/h4-11,18H,3H2,1-2H3,(H,22,26)(H,24,27). The molecule has 136 valence electrons. The van der Waals surface area contributed by atoms with Crippen molar-refractivity contribution in [3.8, 4) is 17.3 Å². The first kappa shape index (κ1) is 18.1. The molecule has 1 aliphatic rings. The van der Waals surface area contributed by atoms with E-state index in [4.69, 9.17) is 0 Å². The highest BCUT2D eigenvalue weighted by atomic mass is 16.2. The number of nitriles is 1. The van der Waals surface area contributed by atoms with Crippen LogP contribution in [0.15, 0.2) is 59.9 Å². The largest absolute Gasteiger partial charge is 0.338 e. The van der Waals surface area contributed by atoms with Gasteiger partial charge in [0.15, 0.2) is 0 Å². The Kier molecular flexibility index (Phi) is 5.18. The van der Waals surface area contributed by atoms with Gasteiger partial charge in [0, 0.05) is 24.0 Å². The third-order valence-electron chi connectivity index (χ3n) is 4.28. The Hall–Kier alpha value is -3.66. The van der Waals surface area contributed by atoms with Crippen molar-refractivity contribution in [2.75, 3.05) is 6.54 Å². The van der Waals surface area contributed by atoms with Gasteiger partial charge in [-0.25, -0.2) is 14.5 Å². The second-order valence-electron chi connectivity index (χ2n) is 6.03. The Labute approximate surface area is 157 Å².